The molecule has 1 amide bonds. The standard InChI is InChI=1S/C19H20ClNO4/c20-16-10-8-15(9-11-16)13-21-18(22)14-25-19(23)7-4-12-24-17-5-2-1-3-6-17/h1-3,5-6,8-11H,4,7,12-14H2,(H,21,22). The molecule has 0 saturated heterocycles. The van der Waals surface area contributed by atoms with Crippen molar-refractivity contribution in [3.8, 4) is 5.75 Å². The van der Waals surface area contributed by atoms with Crippen molar-refractivity contribution in [1.29, 1.82) is 0 Å². The minimum absolute atomic E-state index is 0.206. The van der Waals surface area contributed by atoms with Crippen LogP contribution in [0.5, 0.6) is 5.75 Å². The molecule has 0 heterocycles. The molecular formula is C19H20ClNO4. The Kier molecular flexibility index (Phi) is 7.79. The van der Waals surface area contributed by atoms with E-state index in [0.29, 0.717) is 24.6 Å². The average molecular weight is 362 g/mol. The lowest BCUT2D eigenvalue weighted by Gasteiger charge is -2.08. The topological polar surface area (TPSA) is 64.6 Å². The maximum atomic E-state index is 11.7. The van der Waals surface area contributed by atoms with E-state index in [1.54, 1.807) is 12.1 Å². The van der Waals surface area contributed by atoms with Gasteiger partial charge in [-0.3, -0.25) is 9.59 Å². The Morgan fingerprint density at radius 2 is 1.72 bits per heavy atom. The molecule has 2 rings (SSSR count). The molecule has 0 bridgehead atoms. The maximum Gasteiger partial charge on any atom is 0.306 e. The largest absolute Gasteiger partial charge is 0.494 e. The second kappa shape index (κ2) is 10.4. The Labute approximate surface area is 151 Å². The predicted octanol–water partition coefficient (Wildman–Crippen LogP) is 3.36. The second-order valence-corrected chi connectivity index (χ2v) is 5.77. The van der Waals surface area contributed by atoms with Gasteiger partial charge >= 0.3 is 5.97 Å². The average Bonchev–Trinajstić information content (AvgIpc) is 2.64. The summed E-state index contributed by atoms with van der Waals surface area (Å²) in [4.78, 5) is 23.3. The van der Waals surface area contributed by atoms with Crippen molar-refractivity contribution in [2.75, 3.05) is 13.2 Å². The number of amides is 1. The summed E-state index contributed by atoms with van der Waals surface area (Å²) in [5, 5.41) is 3.32. The van der Waals surface area contributed by atoms with Crippen molar-refractivity contribution >= 4 is 23.5 Å². The third kappa shape index (κ3) is 7.72. The van der Waals surface area contributed by atoms with Crippen LogP contribution in [0.4, 0.5) is 0 Å². The Morgan fingerprint density at radius 3 is 2.44 bits per heavy atom. The summed E-state index contributed by atoms with van der Waals surface area (Å²) in [5.74, 6) is -0.000384. The Morgan fingerprint density at radius 1 is 1.00 bits per heavy atom. The van der Waals surface area contributed by atoms with Gasteiger partial charge in [-0.15, -0.1) is 0 Å². The van der Waals surface area contributed by atoms with E-state index in [1.165, 1.54) is 0 Å². The van der Waals surface area contributed by atoms with Crippen molar-refractivity contribution in [2.24, 2.45) is 0 Å². The lowest BCUT2D eigenvalue weighted by molar-refractivity contribution is -0.148. The van der Waals surface area contributed by atoms with E-state index in [9.17, 15) is 9.59 Å². The smallest absolute Gasteiger partial charge is 0.306 e. The summed E-state index contributed by atoms with van der Waals surface area (Å²) < 4.78 is 10.4. The third-order valence-corrected chi connectivity index (χ3v) is 3.56. The molecule has 0 aromatic heterocycles. The van der Waals surface area contributed by atoms with Crippen LogP contribution in [0.25, 0.3) is 0 Å². The third-order valence-electron chi connectivity index (χ3n) is 3.30. The molecule has 0 radical (unpaired) electrons. The molecule has 0 aliphatic carbocycles. The van der Waals surface area contributed by atoms with Crippen molar-refractivity contribution in [3.63, 3.8) is 0 Å². The number of para-hydroxylation sites is 1. The minimum atomic E-state index is -0.418. The van der Waals surface area contributed by atoms with Gasteiger partial charge in [0.25, 0.3) is 5.91 Å². The van der Waals surface area contributed by atoms with Gasteiger partial charge in [-0.2, -0.15) is 0 Å². The molecule has 0 unspecified atom stereocenters. The summed E-state index contributed by atoms with van der Waals surface area (Å²) >= 11 is 5.79. The molecule has 5 nitrogen and oxygen atoms in total. The summed E-state index contributed by atoms with van der Waals surface area (Å²) in [7, 11) is 0. The first-order valence-electron chi connectivity index (χ1n) is 7.98. The van der Waals surface area contributed by atoms with Crippen LogP contribution in [0, 0.1) is 0 Å². The quantitative estimate of drug-likeness (QED) is 0.549. The van der Waals surface area contributed by atoms with E-state index in [0.717, 1.165) is 11.3 Å². The Balaban J connectivity index is 1.54. The number of benzene rings is 2. The van der Waals surface area contributed by atoms with E-state index in [2.05, 4.69) is 5.32 Å². The van der Waals surface area contributed by atoms with Crippen molar-refractivity contribution in [3.05, 3.63) is 65.2 Å². The van der Waals surface area contributed by atoms with Crippen LogP contribution < -0.4 is 10.1 Å². The minimum Gasteiger partial charge on any atom is -0.494 e. The number of carbonyl (C=O) groups excluding carboxylic acids is 2. The normalized spacial score (nSPS) is 10.1. The number of halogens is 1. The van der Waals surface area contributed by atoms with Gasteiger partial charge in [0.2, 0.25) is 0 Å². The van der Waals surface area contributed by atoms with E-state index in [1.807, 2.05) is 42.5 Å². The van der Waals surface area contributed by atoms with Crippen LogP contribution >= 0.6 is 11.6 Å². The number of carbonyl (C=O) groups is 2. The van der Waals surface area contributed by atoms with Crippen LogP contribution in [-0.2, 0) is 20.9 Å². The lowest BCUT2D eigenvalue weighted by Crippen LogP contribution is -2.28. The van der Waals surface area contributed by atoms with E-state index < -0.39 is 5.97 Å². The van der Waals surface area contributed by atoms with Crippen molar-refractivity contribution < 1.29 is 19.1 Å². The second-order valence-electron chi connectivity index (χ2n) is 5.33. The van der Waals surface area contributed by atoms with Gasteiger partial charge in [-0.05, 0) is 36.2 Å². The van der Waals surface area contributed by atoms with Crippen molar-refractivity contribution in [2.45, 2.75) is 19.4 Å². The molecule has 1 N–H and O–H groups in total. The molecule has 132 valence electrons. The van der Waals surface area contributed by atoms with Gasteiger partial charge in [-0.25, -0.2) is 0 Å². The zero-order chi connectivity index (χ0) is 17.9. The van der Waals surface area contributed by atoms with Crippen LogP contribution in [-0.4, -0.2) is 25.1 Å². The molecule has 0 aliphatic heterocycles. The van der Waals surface area contributed by atoms with Gasteiger partial charge in [-0.1, -0.05) is 41.9 Å². The number of nitrogens with one attached hydrogen (secondary N) is 1. The number of ether oxygens (including phenoxy) is 2. The van der Waals surface area contributed by atoms with E-state index in [4.69, 9.17) is 21.1 Å². The zero-order valence-corrected chi connectivity index (χ0v) is 14.5. The summed E-state index contributed by atoms with van der Waals surface area (Å²) in [6.07, 6.45) is 0.734. The lowest BCUT2D eigenvalue weighted by atomic mass is 10.2. The number of hydrogen-bond donors (Lipinski definition) is 1. The molecule has 25 heavy (non-hydrogen) atoms. The molecule has 2 aromatic carbocycles. The summed E-state index contributed by atoms with van der Waals surface area (Å²) in [6.45, 7) is 0.492. The zero-order valence-electron chi connectivity index (χ0n) is 13.7. The first-order chi connectivity index (χ1) is 12.1. The monoisotopic (exact) mass is 361 g/mol. The Hall–Kier alpha value is -2.53. The first kappa shape index (κ1) is 18.8. The van der Waals surface area contributed by atoms with Gasteiger partial charge < -0.3 is 14.8 Å². The molecule has 0 saturated carbocycles. The predicted molar refractivity (Wildman–Crippen MR) is 95.4 cm³/mol. The molecule has 0 atom stereocenters. The van der Waals surface area contributed by atoms with Gasteiger partial charge in [0.05, 0.1) is 6.61 Å². The van der Waals surface area contributed by atoms with Crippen LogP contribution in [0.15, 0.2) is 54.6 Å². The fourth-order valence-electron chi connectivity index (χ4n) is 2.00. The molecule has 2 aromatic rings. The molecule has 0 aliphatic rings. The van der Waals surface area contributed by atoms with Gasteiger partial charge in [0.15, 0.2) is 6.61 Å². The highest BCUT2D eigenvalue weighted by molar-refractivity contribution is 6.30. The highest BCUT2D eigenvalue weighted by atomic mass is 35.5. The van der Waals surface area contributed by atoms with Crippen LogP contribution in [0.2, 0.25) is 5.02 Å². The molecular weight excluding hydrogens is 342 g/mol. The molecule has 6 heteroatoms. The molecule has 0 fully saturated rings. The first-order valence-corrected chi connectivity index (χ1v) is 8.36. The van der Waals surface area contributed by atoms with E-state index >= 15 is 0 Å². The fourth-order valence-corrected chi connectivity index (χ4v) is 2.12. The van der Waals surface area contributed by atoms with Crippen LogP contribution in [0.1, 0.15) is 18.4 Å². The summed E-state index contributed by atoms with van der Waals surface area (Å²) in [6, 6.07) is 16.5. The number of esters is 1. The Bertz CT molecular complexity index is 674. The molecule has 0 spiro atoms. The summed E-state index contributed by atoms with van der Waals surface area (Å²) in [5.41, 5.74) is 0.919. The highest BCUT2D eigenvalue weighted by Gasteiger charge is 2.07. The maximum absolute atomic E-state index is 11.7. The SMILES string of the molecule is O=C(COC(=O)CCCOc1ccccc1)NCc1ccc(Cl)cc1. The van der Waals surface area contributed by atoms with Gasteiger partial charge in [0, 0.05) is 18.0 Å². The van der Waals surface area contributed by atoms with Crippen LogP contribution in [0.3, 0.4) is 0 Å². The fraction of sp³-hybridized carbons (Fsp3) is 0.263. The number of rotatable bonds is 9. The van der Waals surface area contributed by atoms with Gasteiger partial charge in [0.1, 0.15) is 5.75 Å². The highest BCUT2D eigenvalue weighted by Crippen LogP contribution is 2.10. The van der Waals surface area contributed by atoms with Crippen molar-refractivity contribution in [1.82, 2.24) is 5.32 Å². The van der Waals surface area contributed by atoms with E-state index in [-0.39, 0.29) is 18.9 Å². The number of hydrogen-bond acceptors (Lipinski definition) is 4.